The third kappa shape index (κ3) is 5.21. The predicted molar refractivity (Wildman–Crippen MR) is 85.5 cm³/mol. The van der Waals surface area contributed by atoms with Crippen LogP contribution < -0.4 is 10.1 Å². The van der Waals surface area contributed by atoms with Crippen LogP contribution in [0.2, 0.25) is 0 Å². The molecule has 0 aliphatic heterocycles. The van der Waals surface area contributed by atoms with Crippen molar-refractivity contribution in [3.63, 3.8) is 0 Å². The van der Waals surface area contributed by atoms with Gasteiger partial charge in [-0.15, -0.1) is 0 Å². The Bertz CT molecular complexity index is 511. The third-order valence-electron chi connectivity index (χ3n) is 3.37. The van der Waals surface area contributed by atoms with Crippen molar-refractivity contribution in [2.75, 3.05) is 13.2 Å². The zero-order chi connectivity index (χ0) is 14.9. The topological polar surface area (TPSA) is 41.5 Å². The lowest BCUT2D eigenvalue weighted by atomic mass is 10.1. The van der Waals surface area contributed by atoms with Gasteiger partial charge in [0.15, 0.2) is 0 Å². The molecule has 21 heavy (non-hydrogen) atoms. The normalized spacial score (nSPS) is 12.1. The van der Waals surface area contributed by atoms with Gasteiger partial charge < -0.3 is 15.2 Å². The van der Waals surface area contributed by atoms with Gasteiger partial charge in [-0.3, -0.25) is 0 Å². The van der Waals surface area contributed by atoms with Crippen molar-refractivity contribution in [1.82, 2.24) is 5.32 Å². The molecular formula is C18H23NO2. The lowest BCUT2D eigenvalue weighted by Gasteiger charge is -2.16. The van der Waals surface area contributed by atoms with Crippen LogP contribution in [0.3, 0.4) is 0 Å². The Labute approximate surface area is 126 Å². The molecule has 0 saturated carbocycles. The van der Waals surface area contributed by atoms with E-state index in [1.165, 1.54) is 11.1 Å². The van der Waals surface area contributed by atoms with E-state index in [1.54, 1.807) is 0 Å². The van der Waals surface area contributed by atoms with Crippen LogP contribution in [0.4, 0.5) is 0 Å². The van der Waals surface area contributed by atoms with Crippen LogP contribution in [-0.4, -0.2) is 24.4 Å². The van der Waals surface area contributed by atoms with E-state index in [-0.39, 0.29) is 12.6 Å². The van der Waals surface area contributed by atoms with Crippen molar-refractivity contribution in [1.29, 1.82) is 0 Å². The standard InChI is InChI=1S/C18H23NO2/c1-2-21-18-10-8-16(9-11-18)13-19-17(14-20)12-15-6-4-3-5-7-15/h3-11,17,19-20H,2,12-14H2,1H3/t17-/m1/s1. The average molecular weight is 285 g/mol. The highest BCUT2D eigenvalue weighted by molar-refractivity contribution is 5.27. The highest BCUT2D eigenvalue weighted by Crippen LogP contribution is 2.12. The van der Waals surface area contributed by atoms with E-state index in [0.717, 1.165) is 18.7 Å². The van der Waals surface area contributed by atoms with Crippen molar-refractivity contribution >= 4 is 0 Å². The second-order valence-electron chi connectivity index (χ2n) is 5.03. The summed E-state index contributed by atoms with van der Waals surface area (Å²) in [4.78, 5) is 0. The first-order valence-electron chi connectivity index (χ1n) is 7.41. The lowest BCUT2D eigenvalue weighted by molar-refractivity contribution is 0.241. The number of aliphatic hydroxyl groups is 1. The van der Waals surface area contributed by atoms with Gasteiger partial charge in [0, 0.05) is 12.6 Å². The molecule has 0 bridgehead atoms. The summed E-state index contributed by atoms with van der Waals surface area (Å²) in [5.74, 6) is 0.893. The SMILES string of the molecule is CCOc1ccc(CN[C@@H](CO)Cc2ccccc2)cc1. The Morgan fingerprint density at radius 3 is 2.33 bits per heavy atom. The molecule has 0 radical (unpaired) electrons. The molecule has 2 aromatic rings. The zero-order valence-corrected chi connectivity index (χ0v) is 12.5. The fourth-order valence-electron chi connectivity index (χ4n) is 2.23. The molecule has 0 amide bonds. The molecule has 2 aromatic carbocycles. The highest BCUT2D eigenvalue weighted by atomic mass is 16.5. The number of aliphatic hydroxyl groups excluding tert-OH is 1. The van der Waals surface area contributed by atoms with Crippen molar-refractivity contribution in [3.8, 4) is 5.75 Å². The van der Waals surface area contributed by atoms with E-state index in [0.29, 0.717) is 6.61 Å². The van der Waals surface area contributed by atoms with Gasteiger partial charge in [-0.05, 0) is 36.6 Å². The van der Waals surface area contributed by atoms with Crippen molar-refractivity contribution in [2.45, 2.75) is 25.9 Å². The van der Waals surface area contributed by atoms with Gasteiger partial charge in [-0.1, -0.05) is 42.5 Å². The minimum Gasteiger partial charge on any atom is -0.494 e. The summed E-state index contributed by atoms with van der Waals surface area (Å²) in [6, 6.07) is 18.3. The van der Waals surface area contributed by atoms with Crippen LogP contribution in [0, 0.1) is 0 Å². The number of hydrogen-bond donors (Lipinski definition) is 2. The van der Waals surface area contributed by atoms with Gasteiger partial charge in [0.1, 0.15) is 5.75 Å². The summed E-state index contributed by atoms with van der Waals surface area (Å²) in [6.07, 6.45) is 0.828. The van der Waals surface area contributed by atoms with Crippen molar-refractivity contribution < 1.29 is 9.84 Å². The van der Waals surface area contributed by atoms with Gasteiger partial charge in [-0.25, -0.2) is 0 Å². The molecule has 0 heterocycles. The minimum absolute atomic E-state index is 0.0685. The maximum atomic E-state index is 9.50. The summed E-state index contributed by atoms with van der Waals surface area (Å²) in [7, 11) is 0. The van der Waals surface area contributed by atoms with Gasteiger partial charge in [0.05, 0.1) is 13.2 Å². The van der Waals surface area contributed by atoms with Crippen LogP contribution in [0.15, 0.2) is 54.6 Å². The van der Waals surface area contributed by atoms with Gasteiger partial charge >= 0.3 is 0 Å². The number of rotatable bonds is 8. The Kier molecular flexibility index (Phi) is 6.25. The molecule has 1 atom stereocenters. The van der Waals surface area contributed by atoms with Crippen molar-refractivity contribution in [2.24, 2.45) is 0 Å². The van der Waals surface area contributed by atoms with E-state index >= 15 is 0 Å². The molecule has 2 N–H and O–H groups in total. The smallest absolute Gasteiger partial charge is 0.119 e. The molecule has 0 aromatic heterocycles. The van der Waals surface area contributed by atoms with Gasteiger partial charge in [0.2, 0.25) is 0 Å². The van der Waals surface area contributed by atoms with Crippen LogP contribution >= 0.6 is 0 Å². The first kappa shape index (κ1) is 15.5. The van der Waals surface area contributed by atoms with Crippen LogP contribution in [0.25, 0.3) is 0 Å². The molecule has 0 aliphatic rings. The minimum atomic E-state index is 0.0685. The van der Waals surface area contributed by atoms with Crippen LogP contribution in [0.5, 0.6) is 5.75 Å². The Morgan fingerprint density at radius 2 is 1.71 bits per heavy atom. The summed E-state index contributed by atoms with van der Waals surface area (Å²) >= 11 is 0. The van der Waals surface area contributed by atoms with E-state index in [2.05, 4.69) is 29.6 Å². The highest BCUT2D eigenvalue weighted by Gasteiger charge is 2.07. The van der Waals surface area contributed by atoms with E-state index in [9.17, 15) is 5.11 Å². The second-order valence-corrected chi connectivity index (χ2v) is 5.03. The third-order valence-corrected chi connectivity index (χ3v) is 3.37. The molecule has 2 rings (SSSR count). The second kappa shape index (κ2) is 8.45. The summed E-state index contributed by atoms with van der Waals surface area (Å²) < 4.78 is 5.43. The molecule has 0 saturated heterocycles. The first-order chi connectivity index (χ1) is 10.3. The molecule has 0 spiro atoms. The van der Waals surface area contributed by atoms with E-state index in [4.69, 9.17) is 4.74 Å². The number of ether oxygens (including phenoxy) is 1. The fraction of sp³-hybridized carbons (Fsp3) is 0.333. The summed E-state index contributed by atoms with van der Waals surface area (Å²) in [5, 5.41) is 12.9. The molecule has 0 aliphatic carbocycles. The molecule has 3 heteroatoms. The fourth-order valence-corrected chi connectivity index (χ4v) is 2.23. The van der Waals surface area contributed by atoms with Gasteiger partial charge in [0.25, 0.3) is 0 Å². The lowest BCUT2D eigenvalue weighted by Crippen LogP contribution is -2.34. The monoisotopic (exact) mass is 285 g/mol. The summed E-state index contributed by atoms with van der Waals surface area (Å²) in [5.41, 5.74) is 2.42. The quantitative estimate of drug-likeness (QED) is 0.783. The zero-order valence-electron chi connectivity index (χ0n) is 12.5. The molecular weight excluding hydrogens is 262 g/mol. The number of nitrogens with one attached hydrogen (secondary N) is 1. The maximum absolute atomic E-state index is 9.50. The largest absolute Gasteiger partial charge is 0.494 e. The molecule has 0 fully saturated rings. The van der Waals surface area contributed by atoms with Crippen molar-refractivity contribution in [3.05, 3.63) is 65.7 Å². The summed E-state index contributed by atoms with van der Waals surface area (Å²) in [6.45, 7) is 3.53. The molecule has 3 nitrogen and oxygen atoms in total. The molecule has 0 unspecified atom stereocenters. The van der Waals surface area contributed by atoms with Crippen LogP contribution in [0.1, 0.15) is 18.1 Å². The maximum Gasteiger partial charge on any atom is 0.119 e. The van der Waals surface area contributed by atoms with Gasteiger partial charge in [-0.2, -0.15) is 0 Å². The van der Waals surface area contributed by atoms with E-state index in [1.807, 2.05) is 37.3 Å². The first-order valence-corrected chi connectivity index (χ1v) is 7.41. The number of benzene rings is 2. The Hall–Kier alpha value is -1.84. The van der Waals surface area contributed by atoms with Crippen LogP contribution in [-0.2, 0) is 13.0 Å². The van der Waals surface area contributed by atoms with E-state index < -0.39 is 0 Å². The Morgan fingerprint density at radius 1 is 1.00 bits per heavy atom. The number of hydrogen-bond acceptors (Lipinski definition) is 3. The molecule has 112 valence electrons. The predicted octanol–water partition coefficient (Wildman–Crippen LogP) is 2.78. The Balaban J connectivity index is 1.85. The average Bonchev–Trinajstić information content (AvgIpc) is 2.54.